The second-order valence-electron chi connectivity index (χ2n) is 4.48. The van der Waals surface area contributed by atoms with Gasteiger partial charge in [0.15, 0.2) is 0 Å². The highest BCUT2D eigenvalue weighted by Crippen LogP contribution is 2.23. The molecule has 0 spiro atoms. The third-order valence-corrected chi connectivity index (χ3v) is 3.41. The summed E-state index contributed by atoms with van der Waals surface area (Å²) in [6.07, 6.45) is 2.15. The summed E-state index contributed by atoms with van der Waals surface area (Å²) in [5.74, 6) is -0.873. The number of likely N-dealkylation sites (N-methyl/N-ethyl adjacent to an activating group) is 1. The van der Waals surface area contributed by atoms with Crippen molar-refractivity contribution in [1.29, 1.82) is 0 Å². The van der Waals surface area contributed by atoms with Crippen molar-refractivity contribution in [1.82, 2.24) is 15.1 Å². The van der Waals surface area contributed by atoms with Gasteiger partial charge in [-0.1, -0.05) is 11.6 Å². The smallest absolute Gasteiger partial charge is 0.323 e. The first kappa shape index (κ1) is 14.0. The summed E-state index contributed by atoms with van der Waals surface area (Å²) in [5, 5.41) is 16.8. The minimum Gasteiger partial charge on any atom is -0.480 e. The number of aryl methyl sites for hydroxylation is 1. The number of nitrogens with one attached hydrogen (secondary N) is 1. The number of aliphatic carboxylic acids is 1. The monoisotopic (exact) mass is 259 g/mol. The number of aromatic nitrogens is 2. The fourth-order valence-electron chi connectivity index (χ4n) is 1.67. The quantitative estimate of drug-likeness (QED) is 0.847. The van der Waals surface area contributed by atoms with E-state index in [0.717, 1.165) is 5.69 Å². The van der Waals surface area contributed by atoms with Gasteiger partial charge in [-0.15, -0.1) is 0 Å². The average molecular weight is 260 g/mol. The van der Waals surface area contributed by atoms with Crippen LogP contribution in [0.3, 0.4) is 0 Å². The first-order chi connectivity index (χ1) is 7.80. The lowest BCUT2D eigenvalue weighted by atomic mass is 9.94. The van der Waals surface area contributed by atoms with E-state index in [9.17, 15) is 4.79 Å². The van der Waals surface area contributed by atoms with E-state index in [1.807, 2.05) is 13.8 Å². The number of carbonyl (C=O) groups is 1. The topological polar surface area (TPSA) is 67.2 Å². The van der Waals surface area contributed by atoms with Crippen LogP contribution in [0.5, 0.6) is 0 Å². The van der Waals surface area contributed by atoms with Gasteiger partial charge in [-0.25, -0.2) is 0 Å². The normalized spacial score (nSPS) is 16.5. The number of carboxylic acid groups (broad SMARTS) is 1. The standard InChI is InChI=1S/C11H18ClN3O2/c1-7(5-11(3,13-4)10(16)17)15-6-9(12)8(2)14-15/h6-7,13H,5H2,1-4H3,(H,16,17). The zero-order chi connectivity index (χ0) is 13.2. The highest BCUT2D eigenvalue weighted by Gasteiger charge is 2.33. The number of nitrogens with zero attached hydrogens (tertiary/aromatic N) is 2. The molecule has 2 unspecified atom stereocenters. The molecule has 0 aromatic carbocycles. The molecule has 0 aliphatic heterocycles. The number of carboxylic acids is 1. The fourth-order valence-corrected chi connectivity index (χ4v) is 1.80. The summed E-state index contributed by atoms with van der Waals surface area (Å²) < 4.78 is 1.70. The summed E-state index contributed by atoms with van der Waals surface area (Å²) in [5.41, 5.74) is -0.217. The van der Waals surface area contributed by atoms with Gasteiger partial charge in [-0.2, -0.15) is 5.10 Å². The highest BCUT2D eigenvalue weighted by atomic mass is 35.5. The highest BCUT2D eigenvalue weighted by molar-refractivity contribution is 6.31. The molecule has 96 valence electrons. The van der Waals surface area contributed by atoms with E-state index in [2.05, 4.69) is 10.4 Å². The molecular weight excluding hydrogens is 242 g/mol. The predicted molar refractivity (Wildman–Crippen MR) is 66.4 cm³/mol. The lowest BCUT2D eigenvalue weighted by Crippen LogP contribution is -2.48. The van der Waals surface area contributed by atoms with Gasteiger partial charge in [0.2, 0.25) is 0 Å². The Bertz CT molecular complexity index is 399. The van der Waals surface area contributed by atoms with Crippen LogP contribution in [0.1, 0.15) is 32.0 Å². The van der Waals surface area contributed by atoms with Crippen molar-refractivity contribution in [2.45, 2.75) is 38.8 Å². The zero-order valence-electron chi connectivity index (χ0n) is 10.5. The number of hydrogen-bond acceptors (Lipinski definition) is 3. The van der Waals surface area contributed by atoms with Crippen LogP contribution in [0.25, 0.3) is 0 Å². The van der Waals surface area contributed by atoms with E-state index >= 15 is 0 Å². The van der Waals surface area contributed by atoms with E-state index in [1.54, 1.807) is 24.9 Å². The third kappa shape index (κ3) is 2.98. The van der Waals surface area contributed by atoms with Crippen LogP contribution >= 0.6 is 11.6 Å². The maximum atomic E-state index is 11.2. The van der Waals surface area contributed by atoms with E-state index < -0.39 is 11.5 Å². The summed E-state index contributed by atoms with van der Waals surface area (Å²) in [4.78, 5) is 11.2. The molecule has 0 fully saturated rings. The molecule has 2 atom stereocenters. The Kier molecular flexibility index (Phi) is 4.16. The molecule has 1 aromatic rings. The molecule has 2 N–H and O–H groups in total. The lowest BCUT2D eigenvalue weighted by Gasteiger charge is -2.27. The molecule has 6 heteroatoms. The fraction of sp³-hybridized carbons (Fsp3) is 0.636. The predicted octanol–water partition coefficient (Wildman–Crippen LogP) is 1.86. The second-order valence-corrected chi connectivity index (χ2v) is 4.89. The van der Waals surface area contributed by atoms with Crippen molar-refractivity contribution in [2.24, 2.45) is 0 Å². The molecular formula is C11H18ClN3O2. The third-order valence-electron chi connectivity index (χ3n) is 3.04. The Morgan fingerprint density at radius 3 is 2.71 bits per heavy atom. The summed E-state index contributed by atoms with van der Waals surface area (Å²) in [7, 11) is 1.64. The second kappa shape index (κ2) is 5.06. The van der Waals surface area contributed by atoms with Crippen LogP contribution in [0.2, 0.25) is 5.02 Å². The molecule has 17 heavy (non-hydrogen) atoms. The Morgan fingerprint density at radius 2 is 2.35 bits per heavy atom. The molecule has 0 saturated carbocycles. The van der Waals surface area contributed by atoms with Crippen molar-refractivity contribution < 1.29 is 9.90 Å². The van der Waals surface area contributed by atoms with Gasteiger partial charge >= 0.3 is 5.97 Å². The molecule has 0 aliphatic carbocycles. The SMILES string of the molecule is CNC(C)(CC(C)n1cc(Cl)c(C)n1)C(=O)O. The average Bonchev–Trinajstić information content (AvgIpc) is 2.59. The van der Waals surface area contributed by atoms with Crippen LogP contribution < -0.4 is 5.32 Å². The number of hydrogen-bond donors (Lipinski definition) is 2. The molecule has 0 amide bonds. The van der Waals surface area contributed by atoms with Crippen molar-refractivity contribution >= 4 is 17.6 Å². The van der Waals surface area contributed by atoms with Crippen LogP contribution in [-0.2, 0) is 4.79 Å². The molecule has 1 heterocycles. The van der Waals surface area contributed by atoms with E-state index in [4.69, 9.17) is 16.7 Å². The Balaban J connectivity index is 2.84. The Hall–Kier alpha value is -1.07. The maximum Gasteiger partial charge on any atom is 0.323 e. The van der Waals surface area contributed by atoms with Crippen molar-refractivity contribution in [2.75, 3.05) is 7.05 Å². The van der Waals surface area contributed by atoms with Gasteiger partial charge in [0, 0.05) is 6.20 Å². The van der Waals surface area contributed by atoms with Crippen molar-refractivity contribution in [3.05, 3.63) is 16.9 Å². The minimum absolute atomic E-state index is 0.0465. The molecule has 0 bridgehead atoms. The van der Waals surface area contributed by atoms with E-state index in [1.165, 1.54) is 0 Å². The Labute approximate surface area is 106 Å². The zero-order valence-corrected chi connectivity index (χ0v) is 11.2. The van der Waals surface area contributed by atoms with Gasteiger partial charge in [0.1, 0.15) is 5.54 Å². The van der Waals surface area contributed by atoms with Crippen LogP contribution in [0.4, 0.5) is 0 Å². The molecule has 5 nitrogen and oxygen atoms in total. The summed E-state index contributed by atoms with van der Waals surface area (Å²) >= 11 is 5.93. The van der Waals surface area contributed by atoms with E-state index in [0.29, 0.717) is 11.4 Å². The van der Waals surface area contributed by atoms with Gasteiger partial charge in [0.25, 0.3) is 0 Å². The van der Waals surface area contributed by atoms with Gasteiger partial charge in [-0.3, -0.25) is 9.48 Å². The minimum atomic E-state index is -0.967. The number of halogens is 1. The van der Waals surface area contributed by atoms with E-state index in [-0.39, 0.29) is 6.04 Å². The largest absolute Gasteiger partial charge is 0.480 e. The molecule has 1 aromatic heterocycles. The van der Waals surface area contributed by atoms with Crippen LogP contribution in [0.15, 0.2) is 6.20 Å². The van der Waals surface area contributed by atoms with Gasteiger partial charge in [0.05, 0.1) is 16.8 Å². The summed E-state index contributed by atoms with van der Waals surface area (Å²) in [6.45, 7) is 5.39. The molecule has 0 aliphatic rings. The summed E-state index contributed by atoms with van der Waals surface area (Å²) in [6, 6.07) is -0.0465. The lowest BCUT2D eigenvalue weighted by molar-refractivity contribution is -0.144. The van der Waals surface area contributed by atoms with Crippen molar-refractivity contribution in [3.8, 4) is 0 Å². The van der Waals surface area contributed by atoms with Crippen LogP contribution in [0, 0.1) is 6.92 Å². The molecule has 1 rings (SSSR count). The first-order valence-electron chi connectivity index (χ1n) is 5.43. The van der Waals surface area contributed by atoms with Gasteiger partial charge < -0.3 is 10.4 Å². The van der Waals surface area contributed by atoms with Crippen LogP contribution in [-0.4, -0.2) is 33.4 Å². The van der Waals surface area contributed by atoms with Crippen molar-refractivity contribution in [3.63, 3.8) is 0 Å². The first-order valence-corrected chi connectivity index (χ1v) is 5.81. The maximum absolute atomic E-state index is 11.2. The molecule has 0 saturated heterocycles. The molecule has 0 radical (unpaired) electrons. The number of rotatable bonds is 5. The van der Waals surface area contributed by atoms with Gasteiger partial charge in [-0.05, 0) is 34.2 Å². The Morgan fingerprint density at radius 1 is 1.76 bits per heavy atom.